The fourth-order valence-corrected chi connectivity index (χ4v) is 5.54. The number of benzene rings is 2. The van der Waals surface area contributed by atoms with Crippen LogP contribution in [-0.4, -0.2) is 55.6 Å². The van der Waals surface area contributed by atoms with E-state index >= 15 is 0 Å². The number of amides is 2. The third-order valence-electron chi connectivity index (χ3n) is 6.45. The molecule has 2 aliphatic rings. The van der Waals surface area contributed by atoms with Crippen molar-refractivity contribution in [1.82, 2.24) is 9.21 Å². The molecule has 8 heteroatoms. The first kappa shape index (κ1) is 23.4. The molecule has 0 spiro atoms. The van der Waals surface area contributed by atoms with Gasteiger partial charge in [-0.1, -0.05) is 30.3 Å². The van der Waals surface area contributed by atoms with E-state index in [1.165, 1.54) is 7.05 Å². The quantitative estimate of drug-likeness (QED) is 0.595. The Bertz CT molecular complexity index is 1150. The van der Waals surface area contributed by atoms with Crippen molar-refractivity contribution in [2.75, 3.05) is 25.0 Å². The van der Waals surface area contributed by atoms with Gasteiger partial charge in [0.1, 0.15) is 0 Å². The highest BCUT2D eigenvalue weighted by Gasteiger charge is 2.40. The molecule has 1 saturated carbocycles. The van der Waals surface area contributed by atoms with Gasteiger partial charge in [-0.15, -0.1) is 0 Å². The van der Waals surface area contributed by atoms with E-state index in [2.05, 4.69) is 0 Å². The minimum atomic E-state index is -3.85. The molecule has 1 aliphatic carbocycles. The Balaban J connectivity index is 1.48. The highest BCUT2D eigenvalue weighted by Crippen LogP contribution is 2.39. The van der Waals surface area contributed by atoms with Crippen molar-refractivity contribution in [2.45, 2.75) is 50.6 Å². The third kappa shape index (κ3) is 4.82. The van der Waals surface area contributed by atoms with E-state index < -0.39 is 10.0 Å². The summed E-state index contributed by atoms with van der Waals surface area (Å²) in [7, 11) is -2.41. The molecule has 1 atom stereocenters. The highest BCUT2D eigenvalue weighted by atomic mass is 32.2. The van der Waals surface area contributed by atoms with Gasteiger partial charge in [0.2, 0.25) is 21.8 Å². The molecule has 0 saturated heterocycles. The van der Waals surface area contributed by atoms with Crippen molar-refractivity contribution in [1.29, 1.82) is 0 Å². The van der Waals surface area contributed by atoms with Gasteiger partial charge in [0.05, 0.1) is 11.4 Å². The van der Waals surface area contributed by atoms with Crippen LogP contribution in [0.3, 0.4) is 0 Å². The van der Waals surface area contributed by atoms with Gasteiger partial charge < -0.3 is 9.80 Å². The second-order valence-electron chi connectivity index (χ2n) is 8.98. The first-order chi connectivity index (χ1) is 15.7. The van der Waals surface area contributed by atoms with E-state index in [4.69, 9.17) is 0 Å². The maximum atomic E-state index is 13.2. The number of sulfonamides is 1. The summed E-state index contributed by atoms with van der Waals surface area (Å²) in [6.07, 6.45) is 2.49. The van der Waals surface area contributed by atoms with Crippen LogP contribution in [0.15, 0.2) is 53.4 Å². The Labute approximate surface area is 196 Å². The maximum Gasteiger partial charge on any atom is 0.243 e. The predicted molar refractivity (Wildman–Crippen MR) is 127 cm³/mol. The van der Waals surface area contributed by atoms with Crippen molar-refractivity contribution in [2.24, 2.45) is 5.92 Å². The number of hydrogen-bond acceptors (Lipinski definition) is 4. The number of likely N-dealkylation sites (N-methyl/N-ethyl adjacent to an activating group) is 2. The molecule has 1 unspecified atom stereocenters. The predicted octanol–water partition coefficient (Wildman–Crippen LogP) is 3.04. The fourth-order valence-electron chi connectivity index (χ4n) is 4.37. The first-order valence-electron chi connectivity index (χ1n) is 11.5. The summed E-state index contributed by atoms with van der Waals surface area (Å²) in [5.41, 5.74) is 2.66. The normalized spacial score (nSPS) is 17.8. The molecule has 0 radical (unpaired) electrons. The number of anilines is 1. The Morgan fingerprint density at radius 1 is 1.09 bits per heavy atom. The van der Waals surface area contributed by atoms with Gasteiger partial charge in [0.25, 0.3) is 0 Å². The highest BCUT2D eigenvalue weighted by molar-refractivity contribution is 7.89. The molecule has 33 heavy (non-hydrogen) atoms. The van der Waals surface area contributed by atoms with Gasteiger partial charge in [0.15, 0.2) is 0 Å². The van der Waals surface area contributed by atoms with Crippen molar-refractivity contribution >= 4 is 27.5 Å². The molecule has 0 N–H and O–H groups in total. The summed E-state index contributed by atoms with van der Waals surface area (Å²) < 4.78 is 27.6. The van der Waals surface area contributed by atoms with Crippen LogP contribution >= 0.6 is 0 Å². The zero-order chi connectivity index (χ0) is 23.8. The molecule has 2 amide bonds. The van der Waals surface area contributed by atoms with Crippen LogP contribution in [0.1, 0.15) is 37.8 Å². The molecule has 0 aromatic heterocycles. The topological polar surface area (TPSA) is 78.0 Å². The number of nitrogens with zero attached hydrogens (tertiary/aromatic N) is 3. The largest absolute Gasteiger partial charge is 0.338 e. The maximum absolute atomic E-state index is 13.2. The second-order valence-corrected chi connectivity index (χ2v) is 11.0. The number of carbonyl (C=O) groups is 2. The van der Waals surface area contributed by atoms with Crippen LogP contribution in [0.25, 0.3) is 0 Å². The zero-order valence-corrected chi connectivity index (χ0v) is 20.2. The van der Waals surface area contributed by atoms with Crippen molar-refractivity contribution in [3.05, 3.63) is 59.7 Å². The lowest BCUT2D eigenvalue weighted by molar-refractivity contribution is -0.131. The van der Waals surface area contributed by atoms with Crippen LogP contribution in [0.5, 0.6) is 0 Å². The third-order valence-corrected chi connectivity index (χ3v) is 8.25. The van der Waals surface area contributed by atoms with Gasteiger partial charge in [-0.05, 0) is 62.4 Å². The number of fused-ring (bicyclic) bond motifs is 1. The minimum Gasteiger partial charge on any atom is -0.338 e. The monoisotopic (exact) mass is 469 g/mol. The van der Waals surface area contributed by atoms with Crippen LogP contribution in [0, 0.1) is 5.92 Å². The Morgan fingerprint density at radius 3 is 2.42 bits per heavy atom. The Kier molecular flexibility index (Phi) is 6.59. The van der Waals surface area contributed by atoms with E-state index in [9.17, 15) is 18.0 Å². The van der Waals surface area contributed by atoms with Gasteiger partial charge in [-0.25, -0.2) is 8.42 Å². The first-order valence-corrected chi connectivity index (χ1v) is 12.9. The Hall–Kier alpha value is -2.71. The zero-order valence-electron chi connectivity index (χ0n) is 19.4. The molecule has 1 aliphatic heterocycles. The average molecular weight is 470 g/mol. The summed E-state index contributed by atoms with van der Waals surface area (Å²) in [5, 5.41) is 0. The standard InChI is InChI=1S/C25H31N3O4S/c1-4-27(16-19-8-6-5-7-9-19)24(29)17-26(3)33(31,32)22-12-13-23-21(15-22)14-18(2)28(23)25(30)20-10-11-20/h5-9,12-13,15,18,20H,4,10-11,14,16-17H2,1-3H3. The second kappa shape index (κ2) is 9.27. The van der Waals surface area contributed by atoms with Gasteiger partial charge in [-0.3, -0.25) is 9.59 Å². The summed E-state index contributed by atoms with van der Waals surface area (Å²) in [4.78, 5) is 29.1. The smallest absolute Gasteiger partial charge is 0.243 e. The molecular formula is C25H31N3O4S. The van der Waals surface area contributed by atoms with E-state index in [1.807, 2.05) is 49.1 Å². The molecular weight excluding hydrogens is 438 g/mol. The van der Waals surface area contributed by atoms with Gasteiger partial charge in [0, 0.05) is 37.8 Å². The molecule has 1 fully saturated rings. The van der Waals surface area contributed by atoms with Crippen LogP contribution in [-0.2, 0) is 32.6 Å². The summed E-state index contributed by atoms with van der Waals surface area (Å²) in [5.74, 6) is -0.00240. The van der Waals surface area contributed by atoms with Gasteiger partial charge >= 0.3 is 0 Å². The lowest BCUT2D eigenvalue weighted by atomic mass is 10.1. The molecule has 1 heterocycles. The number of hydrogen-bond donors (Lipinski definition) is 0. The van der Waals surface area contributed by atoms with Crippen molar-refractivity contribution in [3.63, 3.8) is 0 Å². The van der Waals surface area contributed by atoms with E-state index in [-0.39, 0.29) is 35.2 Å². The van der Waals surface area contributed by atoms with E-state index in [0.717, 1.165) is 34.0 Å². The lowest BCUT2D eigenvalue weighted by Gasteiger charge is -2.25. The van der Waals surface area contributed by atoms with E-state index in [0.29, 0.717) is 19.5 Å². The van der Waals surface area contributed by atoms with Crippen molar-refractivity contribution < 1.29 is 18.0 Å². The van der Waals surface area contributed by atoms with Crippen LogP contribution in [0.4, 0.5) is 5.69 Å². The summed E-state index contributed by atoms with van der Waals surface area (Å²) in [6, 6.07) is 14.6. The van der Waals surface area contributed by atoms with Crippen LogP contribution < -0.4 is 4.90 Å². The number of carbonyl (C=O) groups excluding carboxylic acids is 2. The van der Waals surface area contributed by atoms with E-state index in [1.54, 1.807) is 23.1 Å². The molecule has 7 nitrogen and oxygen atoms in total. The molecule has 2 aromatic rings. The SMILES string of the molecule is CCN(Cc1ccccc1)C(=O)CN(C)S(=O)(=O)c1ccc2c(c1)CC(C)N2C(=O)C1CC1. The molecule has 4 rings (SSSR count). The van der Waals surface area contributed by atoms with Crippen molar-refractivity contribution in [3.8, 4) is 0 Å². The molecule has 2 aromatic carbocycles. The average Bonchev–Trinajstić information content (AvgIpc) is 3.59. The minimum absolute atomic E-state index is 0.0152. The fraction of sp³-hybridized carbons (Fsp3) is 0.440. The summed E-state index contributed by atoms with van der Waals surface area (Å²) in [6.45, 7) is 4.56. The summed E-state index contributed by atoms with van der Waals surface area (Å²) >= 11 is 0. The van der Waals surface area contributed by atoms with Crippen LogP contribution in [0.2, 0.25) is 0 Å². The molecule has 176 valence electrons. The van der Waals surface area contributed by atoms with Gasteiger partial charge in [-0.2, -0.15) is 4.31 Å². The molecule has 0 bridgehead atoms. The lowest BCUT2D eigenvalue weighted by Crippen LogP contribution is -2.40. The number of rotatable bonds is 8. The Morgan fingerprint density at radius 2 is 1.79 bits per heavy atom.